The van der Waals surface area contributed by atoms with Crippen LogP contribution in [0.5, 0.6) is 11.5 Å². The Labute approximate surface area is 215 Å². The van der Waals surface area contributed by atoms with E-state index in [2.05, 4.69) is 39.5 Å². The number of rotatable bonds is 8. The molecule has 4 aromatic carbocycles. The van der Waals surface area contributed by atoms with Gasteiger partial charge in [0.05, 0.1) is 25.3 Å². The Morgan fingerprint density at radius 3 is 2.22 bits per heavy atom. The first-order valence-electron chi connectivity index (χ1n) is 12.0. The van der Waals surface area contributed by atoms with Gasteiger partial charge in [-0.25, -0.2) is 9.78 Å². The summed E-state index contributed by atoms with van der Waals surface area (Å²) in [6.07, 6.45) is 1.53. The van der Waals surface area contributed by atoms with Crippen LogP contribution in [0, 0.1) is 0 Å². The Morgan fingerprint density at radius 1 is 0.757 bits per heavy atom. The van der Waals surface area contributed by atoms with Gasteiger partial charge in [-0.1, -0.05) is 42.5 Å². The number of carbonyl (C=O) groups is 1. The Kier molecular flexibility index (Phi) is 7.03. The zero-order valence-corrected chi connectivity index (χ0v) is 20.8. The van der Waals surface area contributed by atoms with Gasteiger partial charge in [0, 0.05) is 41.7 Å². The van der Waals surface area contributed by atoms with Crippen LogP contribution in [0.25, 0.3) is 16.7 Å². The topological polar surface area (TPSA) is 77.4 Å². The summed E-state index contributed by atoms with van der Waals surface area (Å²) in [5, 5.41) is 5.74. The van der Waals surface area contributed by atoms with E-state index in [4.69, 9.17) is 14.5 Å². The van der Waals surface area contributed by atoms with Crippen molar-refractivity contribution in [1.29, 1.82) is 0 Å². The monoisotopic (exact) mass is 492 g/mol. The van der Waals surface area contributed by atoms with E-state index in [0.717, 1.165) is 41.0 Å². The van der Waals surface area contributed by atoms with Crippen LogP contribution in [0.15, 0.2) is 97.1 Å². The molecule has 0 aliphatic carbocycles. The van der Waals surface area contributed by atoms with Crippen molar-refractivity contribution in [3.63, 3.8) is 0 Å². The second-order valence-electron chi connectivity index (χ2n) is 8.57. The fourth-order valence-electron chi connectivity index (χ4n) is 4.34. The Balaban J connectivity index is 1.30. The van der Waals surface area contributed by atoms with Crippen LogP contribution in [-0.4, -0.2) is 29.8 Å². The lowest BCUT2D eigenvalue weighted by Gasteiger charge is -2.12. The molecule has 0 unspecified atom stereocenters. The number of amides is 2. The zero-order valence-electron chi connectivity index (χ0n) is 20.8. The number of nitrogens with one attached hydrogen (secondary N) is 2. The minimum Gasteiger partial charge on any atom is -0.497 e. The van der Waals surface area contributed by atoms with Crippen LogP contribution >= 0.6 is 0 Å². The van der Waals surface area contributed by atoms with Crippen molar-refractivity contribution in [1.82, 2.24) is 9.55 Å². The maximum absolute atomic E-state index is 12.7. The number of aromatic nitrogens is 2. The number of benzene rings is 4. The maximum atomic E-state index is 12.7. The molecular weight excluding hydrogens is 464 g/mol. The molecule has 2 amide bonds. The van der Waals surface area contributed by atoms with E-state index in [1.807, 2.05) is 54.6 Å². The lowest BCUT2D eigenvalue weighted by Crippen LogP contribution is -2.19. The molecule has 0 aliphatic heterocycles. The molecule has 0 saturated carbocycles. The van der Waals surface area contributed by atoms with Gasteiger partial charge < -0.3 is 20.1 Å². The second-order valence-corrected chi connectivity index (χ2v) is 8.57. The minimum absolute atomic E-state index is 0.349. The molecule has 0 fully saturated rings. The van der Waals surface area contributed by atoms with Gasteiger partial charge >= 0.3 is 6.03 Å². The van der Waals surface area contributed by atoms with Crippen molar-refractivity contribution in [2.45, 2.75) is 12.8 Å². The molecule has 37 heavy (non-hydrogen) atoms. The number of para-hydroxylation sites is 3. The summed E-state index contributed by atoms with van der Waals surface area (Å²) in [5.41, 5.74) is 5.54. The molecule has 0 bridgehead atoms. The number of aryl methyl sites for hydroxylation is 2. The molecule has 5 aromatic rings. The van der Waals surface area contributed by atoms with Crippen LogP contribution in [0.2, 0.25) is 0 Å². The van der Waals surface area contributed by atoms with Crippen LogP contribution < -0.4 is 20.1 Å². The number of imidazole rings is 1. The van der Waals surface area contributed by atoms with Gasteiger partial charge in [-0.15, -0.1) is 0 Å². The van der Waals surface area contributed by atoms with E-state index in [1.165, 1.54) is 0 Å². The minimum atomic E-state index is -0.349. The summed E-state index contributed by atoms with van der Waals surface area (Å²) in [6.45, 7) is 0. The molecule has 7 nitrogen and oxygen atoms in total. The van der Waals surface area contributed by atoms with Crippen molar-refractivity contribution in [3.8, 4) is 17.2 Å². The number of urea groups is 1. The number of carbonyl (C=O) groups excluding carboxylic acids is 1. The highest BCUT2D eigenvalue weighted by molar-refractivity contribution is 6.00. The molecule has 0 aliphatic rings. The van der Waals surface area contributed by atoms with Crippen LogP contribution in [0.1, 0.15) is 11.4 Å². The lowest BCUT2D eigenvalue weighted by atomic mass is 10.1. The van der Waals surface area contributed by atoms with Gasteiger partial charge in [0.15, 0.2) is 0 Å². The highest BCUT2D eigenvalue weighted by Gasteiger charge is 2.13. The van der Waals surface area contributed by atoms with Crippen molar-refractivity contribution >= 4 is 28.4 Å². The summed E-state index contributed by atoms with van der Waals surface area (Å²) < 4.78 is 12.8. The van der Waals surface area contributed by atoms with Crippen molar-refractivity contribution in [2.24, 2.45) is 0 Å². The summed E-state index contributed by atoms with van der Waals surface area (Å²) in [6, 6.07) is 31.2. The summed E-state index contributed by atoms with van der Waals surface area (Å²) in [4.78, 5) is 17.6. The summed E-state index contributed by atoms with van der Waals surface area (Å²) in [7, 11) is 3.14. The molecule has 5 rings (SSSR count). The van der Waals surface area contributed by atoms with Crippen LogP contribution in [0.3, 0.4) is 0 Å². The number of methoxy groups -OCH3 is 2. The molecule has 0 saturated heterocycles. The second kappa shape index (κ2) is 10.9. The number of anilines is 2. The van der Waals surface area contributed by atoms with E-state index < -0.39 is 0 Å². The number of ether oxygens (including phenoxy) is 2. The Morgan fingerprint density at radius 2 is 1.46 bits per heavy atom. The van der Waals surface area contributed by atoms with E-state index in [9.17, 15) is 4.79 Å². The van der Waals surface area contributed by atoms with Gasteiger partial charge in [-0.3, -0.25) is 4.57 Å². The van der Waals surface area contributed by atoms with Crippen LogP contribution in [-0.2, 0) is 12.8 Å². The number of nitrogens with zero attached hydrogens (tertiary/aromatic N) is 2. The molecule has 186 valence electrons. The SMILES string of the molecule is COc1cc(NC(=O)Nc2cccc(CCc3nc4ccccc4n3-c3ccccc3)c2)cc(OC)c1. The van der Waals surface area contributed by atoms with Crippen LogP contribution in [0.4, 0.5) is 16.2 Å². The van der Waals surface area contributed by atoms with Gasteiger partial charge in [0.2, 0.25) is 0 Å². The fraction of sp³-hybridized carbons (Fsp3) is 0.133. The molecule has 0 spiro atoms. The van der Waals surface area contributed by atoms with Crippen molar-refractivity contribution in [2.75, 3.05) is 24.9 Å². The van der Waals surface area contributed by atoms with Crippen molar-refractivity contribution < 1.29 is 14.3 Å². The molecule has 1 heterocycles. The van der Waals surface area contributed by atoms with Gasteiger partial charge in [-0.2, -0.15) is 0 Å². The number of hydrogen-bond acceptors (Lipinski definition) is 4. The van der Waals surface area contributed by atoms with E-state index in [0.29, 0.717) is 22.9 Å². The quantitative estimate of drug-likeness (QED) is 0.260. The zero-order chi connectivity index (χ0) is 25.6. The van der Waals surface area contributed by atoms with E-state index in [-0.39, 0.29) is 6.03 Å². The normalized spacial score (nSPS) is 10.8. The number of hydrogen-bond donors (Lipinski definition) is 2. The maximum Gasteiger partial charge on any atom is 0.323 e. The Hall–Kier alpha value is -4.78. The van der Waals surface area contributed by atoms with Gasteiger partial charge in [0.25, 0.3) is 0 Å². The smallest absolute Gasteiger partial charge is 0.323 e. The molecule has 2 N–H and O–H groups in total. The van der Waals surface area contributed by atoms with Crippen molar-refractivity contribution in [3.05, 3.63) is 108 Å². The predicted molar refractivity (Wildman–Crippen MR) is 147 cm³/mol. The summed E-state index contributed by atoms with van der Waals surface area (Å²) >= 11 is 0. The molecule has 7 heteroatoms. The third-order valence-electron chi connectivity index (χ3n) is 6.08. The third-order valence-corrected chi connectivity index (χ3v) is 6.08. The summed E-state index contributed by atoms with van der Waals surface area (Å²) in [5.74, 6) is 2.19. The largest absolute Gasteiger partial charge is 0.497 e. The lowest BCUT2D eigenvalue weighted by molar-refractivity contribution is 0.262. The third kappa shape index (κ3) is 5.56. The molecular formula is C30H28N4O3. The Bertz CT molecular complexity index is 1510. The molecule has 0 radical (unpaired) electrons. The predicted octanol–water partition coefficient (Wildman–Crippen LogP) is 6.47. The first-order valence-corrected chi connectivity index (χ1v) is 12.0. The fourth-order valence-corrected chi connectivity index (χ4v) is 4.34. The molecule has 0 atom stereocenters. The standard InChI is InChI=1S/C30H28N4O3/c1-36-25-18-23(19-26(20-25)37-2)32-30(35)31-22-10-8-9-21(17-22)15-16-29-33-27-13-6-7-14-28(27)34(29)24-11-4-3-5-12-24/h3-14,17-20H,15-16H2,1-2H3,(H2,31,32,35). The average molecular weight is 493 g/mol. The highest BCUT2D eigenvalue weighted by atomic mass is 16.5. The van der Waals surface area contributed by atoms with Gasteiger partial charge in [0.1, 0.15) is 17.3 Å². The first-order chi connectivity index (χ1) is 18.1. The average Bonchev–Trinajstić information content (AvgIpc) is 3.30. The highest BCUT2D eigenvalue weighted by Crippen LogP contribution is 2.26. The van der Waals surface area contributed by atoms with Gasteiger partial charge in [-0.05, 0) is 48.4 Å². The molecule has 1 aromatic heterocycles. The van der Waals surface area contributed by atoms with E-state index >= 15 is 0 Å². The number of fused-ring (bicyclic) bond motifs is 1. The first kappa shape index (κ1) is 23.9. The van der Waals surface area contributed by atoms with E-state index in [1.54, 1.807) is 32.4 Å².